The van der Waals surface area contributed by atoms with E-state index in [1.54, 1.807) is 25.3 Å². The van der Waals surface area contributed by atoms with Crippen molar-refractivity contribution in [3.8, 4) is 6.07 Å². The number of allylic oxidation sites excluding steroid dienone is 1. The number of rotatable bonds is 6. The molecule has 2 N–H and O–H groups in total. The molecule has 1 aromatic heterocycles. The number of thioether (sulfide) groups is 1. The fourth-order valence-electron chi connectivity index (χ4n) is 4.01. The van der Waals surface area contributed by atoms with E-state index in [4.69, 9.17) is 28.9 Å². The summed E-state index contributed by atoms with van der Waals surface area (Å²) in [5, 5.41) is 28.1. The maximum atomic E-state index is 13.2. The summed E-state index contributed by atoms with van der Waals surface area (Å²) < 4.78 is 1.21. The van der Waals surface area contributed by atoms with Crippen LogP contribution in [0.3, 0.4) is 0 Å². The Balaban J connectivity index is 1.87. The molecule has 0 aliphatic carbocycles. The minimum Gasteiger partial charge on any atom is -0.480 e. The number of nitrogens with zero attached hydrogens (tertiary/aromatic N) is 5. The first-order chi connectivity index (χ1) is 18.0. The van der Waals surface area contributed by atoms with Gasteiger partial charge in [-0.1, -0.05) is 35.6 Å². The summed E-state index contributed by atoms with van der Waals surface area (Å²) in [5.41, 5.74) is 1.23. The van der Waals surface area contributed by atoms with Crippen molar-refractivity contribution in [1.29, 1.82) is 5.26 Å². The summed E-state index contributed by atoms with van der Waals surface area (Å²) in [7, 11) is 1.80. The standard InChI is InChI=1S/C23H18ClN5O6S3/c1-3-27-14-7-12(24)11(8-25)6-13(14)26(2)16(27)5-4-15-20(34)28(9-17(30)31)22(37-15)19-21(35)29(10-18(32)33)23(36)38-19/h4-7H,3,9-10H2,1-2H3,(H,30,31)(H,32,33)/b15-4?,16-5-,22-19+. The lowest BCUT2D eigenvalue weighted by molar-refractivity contribution is -0.140. The molecule has 3 heterocycles. The van der Waals surface area contributed by atoms with Crippen LogP contribution < -0.4 is 24.6 Å². The van der Waals surface area contributed by atoms with Crippen molar-refractivity contribution in [2.75, 3.05) is 29.9 Å². The van der Waals surface area contributed by atoms with Crippen molar-refractivity contribution in [2.24, 2.45) is 0 Å². The fourth-order valence-corrected chi connectivity index (χ4v) is 6.67. The second-order valence-electron chi connectivity index (χ2n) is 7.97. The van der Waals surface area contributed by atoms with Crippen LogP contribution in [0.25, 0.3) is 11.0 Å². The Morgan fingerprint density at radius 3 is 2.42 bits per heavy atom. The Labute approximate surface area is 233 Å². The van der Waals surface area contributed by atoms with Crippen LogP contribution in [-0.2, 0) is 20.9 Å². The second kappa shape index (κ2) is 10.6. The topological polar surface area (TPSA) is 147 Å². The van der Waals surface area contributed by atoms with Gasteiger partial charge in [-0.15, -0.1) is 11.3 Å². The number of aromatic nitrogens is 1. The van der Waals surface area contributed by atoms with E-state index in [1.807, 2.05) is 16.7 Å². The minimum absolute atomic E-state index is 0.00195. The number of carbonyl (C=O) groups excluding carboxylic acids is 1. The first-order valence-electron chi connectivity index (χ1n) is 10.9. The Kier molecular flexibility index (Phi) is 7.65. The van der Waals surface area contributed by atoms with Gasteiger partial charge in [0.1, 0.15) is 38.9 Å². The summed E-state index contributed by atoms with van der Waals surface area (Å²) in [5.74, 6) is -2.57. The van der Waals surface area contributed by atoms with E-state index in [0.717, 1.165) is 43.9 Å². The smallest absolute Gasteiger partial charge is 0.323 e. The maximum absolute atomic E-state index is 13.2. The third-order valence-corrected chi connectivity index (χ3v) is 8.72. The number of nitriles is 1. The predicted octanol–water partition coefficient (Wildman–Crippen LogP) is 1.17. The van der Waals surface area contributed by atoms with Gasteiger partial charge >= 0.3 is 11.9 Å². The third-order valence-electron chi connectivity index (χ3n) is 5.69. The molecule has 2 aliphatic rings. The zero-order valence-electron chi connectivity index (χ0n) is 19.8. The van der Waals surface area contributed by atoms with Crippen LogP contribution in [0.4, 0.5) is 11.4 Å². The molecule has 38 heavy (non-hydrogen) atoms. The Bertz CT molecular complexity index is 1670. The van der Waals surface area contributed by atoms with Crippen molar-refractivity contribution >= 4 is 91.4 Å². The summed E-state index contributed by atoms with van der Waals surface area (Å²) in [6, 6.07) is 5.43. The number of halogens is 1. The molecule has 1 fully saturated rings. The predicted molar refractivity (Wildman–Crippen MR) is 149 cm³/mol. The highest BCUT2D eigenvalue weighted by Gasteiger charge is 2.35. The van der Waals surface area contributed by atoms with E-state index < -0.39 is 36.5 Å². The average Bonchev–Trinajstić information content (AvgIpc) is 3.41. The minimum atomic E-state index is -1.29. The van der Waals surface area contributed by atoms with Crippen molar-refractivity contribution in [1.82, 2.24) is 9.47 Å². The number of carboxylic acid groups (broad SMARTS) is 2. The van der Waals surface area contributed by atoms with Crippen molar-refractivity contribution in [2.45, 2.75) is 13.5 Å². The van der Waals surface area contributed by atoms with Gasteiger partial charge in [0.2, 0.25) is 0 Å². The molecule has 2 aromatic rings. The summed E-state index contributed by atoms with van der Waals surface area (Å²) in [6.07, 6.45) is 3.21. The number of carboxylic acids is 2. The van der Waals surface area contributed by atoms with Crippen LogP contribution in [-0.4, -0.2) is 62.0 Å². The number of fused-ring (bicyclic) bond motifs is 1. The normalized spacial score (nSPS) is 18.0. The molecule has 11 nitrogen and oxygen atoms in total. The highest BCUT2D eigenvalue weighted by atomic mass is 35.5. The second-order valence-corrected chi connectivity index (χ2v) is 11.0. The van der Waals surface area contributed by atoms with Gasteiger partial charge in [-0.25, -0.2) is 0 Å². The van der Waals surface area contributed by atoms with Gasteiger partial charge in [-0.2, -0.15) is 5.26 Å². The molecule has 1 aromatic carbocycles. The van der Waals surface area contributed by atoms with Crippen molar-refractivity contribution in [3.63, 3.8) is 0 Å². The number of hydrogen-bond donors (Lipinski definition) is 2. The summed E-state index contributed by atoms with van der Waals surface area (Å²) in [6.45, 7) is 1.14. The molecular formula is C23H18ClN5O6S3. The number of carbonyl (C=O) groups is 3. The lowest BCUT2D eigenvalue weighted by atomic mass is 10.2. The van der Waals surface area contributed by atoms with Gasteiger partial charge in [-0.3, -0.25) is 28.6 Å². The molecule has 0 bridgehead atoms. The molecule has 2 aliphatic heterocycles. The molecule has 15 heteroatoms. The van der Waals surface area contributed by atoms with Crippen LogP contribution in [0, 0.1) is 11.3 Å². The molecule has 0 unspecified atom stereocenters. The molecule has 1 amide bonds. The first kappa shape index (κ1) is 27.4. The van der Waals surface area contributed by atoms with Crippen molar-refractivity contribution in [3.05, 3.63) is 54.2 Å². The zero-order valence-corrected chi connectivity index (χ0v) is 23.0. The zero-order chi connectivity index (χ0) is 27.9. The Morgan fingerprint density at radius 1 is 1.13 bits per heavy atom. The fraction of sp³-hybridized carbons (Fsp3) is 0.217. The van der Waals surface area contributed by atoms with E-state index in [1.165, 1.54) is 6.08 Å². The van der Waals surface area contributed by atoms with E-state index in [9.17, 15) is 29.5 Å². The van der Waals surface area contributed by atoms with Crippen LogP contribution in [0.15, 0.2) is 28.8 Å². The summed E-state index contributed by atoms with van der Waals surface area (Å²) >= 11 is 13.1. The van der Waals surface area contributed by atoms with Gasteiger partial charge in [0.05, 0.1) is 26.5 Å². The molecule has 0 radical (unpaired) electrons. The van der Waals surface area contributed by atoms with Gasteiger partial charge < -0.3 is 20.0 Å². The quantitative estimate of drug-likeness (QED) is 0.467. The Hall–Kier alpha value is -3.64. The molecule has 0 spiro atoms. The molecule has 196 valence electrons. The monoisotopic (exact) mass is 591 g/mol. The van der Waals surface area contributed by atoms with E-state index in [0.29, 0.717) is 23.0 Å². The molecule has 4 rings (SSSR count). The van der Waals surface area contributed by atoms with Crippen LogP contribution >= 0.6 is 46.9 Å². The van der Waals surface area contributed by atoms with Gasteiger partial charge in [0, 0.05) is 13.6 Å². The number of amides is 1. The number of aliphatic carboxylic acids is 2. The number of anilines is 2. The molecular weight excluding hydrogens is 574 g/mol. The van der Waals surface area contributed by atoms with Gasteiger partial charge in [0.25, 0.3) is 11.5 Å². The van der Waals surface area contributed by atoms with E-state index in [2.05, 4.69) is 6.07 Å². The average molecular weight is 592 g/mol. The number of hydrogen-bond acceptors (Lipinski definition) is 10. The van der Waals surface area contributed by atoms with Crippen LogP contribution in [0.1, 0.15) is 12.5 Å². The number of thiocarbonyl (C=S) groups is 1. The Morgan fingerprint density at radius 2 is 1.82 bits per heavy atom. The number of benzene rings is 1. The van der Waals surface area contributed by atoms with Gasteiger partial charge in [-0.05, 0) is 31.2 Å². The van der Waals surface area contributed by atoms with E-state index in [-0.39, 0.29) is 18.4 Å². The van der Waals surface area contributed by atoms with Crippen molar-refractivity contribution < 1.29 is 24.6 Å². The maximum Gasteiger partial charge on any atom is 0.323 e. The third kappa shape index (κ3) is 4.81. The largest absolute Gasteiger partial charge is 0.480 e. The lowest BCUT2D eigenvalue weighted by Gasteiger charge is -2.20. The highest BCUT2D eigenvalue weighted by Crippen LogP contribution is 2.43. The molecule has 0 saturated carbocycles. The van der Waals surface area contributed by atoms with Crippen LogP contribution in [0.2, 0.25) is 5.02 Å². The number of thiazole rings is 1. The summed E-state index contributed by atoms with van der Waals surface area (Å²) in [4.78, 5) is 53.4. The SMILES string of the molecule is CCN1/C(=C\C=c2s/c(=C3/SC(=S)N(CC(=O)O)C3=O)n(CC(=O)O)c2=O)N(C)c2cc(C#N)c(Cl)cc21. The van der Waals surface area contributed by atoms with Crippen LogP contribution in [0.5, 0.6) is 0 Å². The lowest BCUT2D eigenvalue weighted by Crippen LogP contribution is -2.36. The van der Waals surface area contributed by atoms with E-state index >= 15 is 0 Å². The first-order valence-corrected chi connectivity index (χ1v) is 13.3. The highest BCUT2D eigenvalue weighted by molar-refractivity contribution is 8.30. The molecule has 1 saturated heterocycles. The van der Waals surface area contributed by atoms with Gasteiger partial charge in [0.15, 0.2) is 0 Å². The molecule has 0 atom stereocenters.